The molecule has 166 valence electrons. The molecule has 0 aromatic heterocycles. The first-order valence-electron chi connectivity index (χ1n) is 11.1. The minimum Gasteiger partial charge on any atom is -0.336 e. The van der Waals surface area contributed by atoms with Crippen LogP contribution in [-0.4, -0.2) is 67.7 Å². The Morgan fingerprint density at radius 1 is 0.871 bits per heavy atom. The summed E-state index contributed by atoms with van der Waals surface area (Å²) in [5.74, 6) is -0.189. The average Bonchev–Trinajstić information content (AvgIpc) is 2.80. The van der Waals surface area contributed by atoms with E-state index in [9.17, 15) is 13.2 Å². The van der Waals surface area contributed by atoms with Crippen LogP contribution < -0.4 is 0 Å². The predicted molar refractivity (Wildman–Crippen MR) is 121 cm³/mol. The number of piperidine rings is 1. The highest BCUT2D eigenvalue weighted by Gasteiger charge is 2.32. The molecule has 0 aliphatic carbocycles. The normalized spacial score (nSPS) is 18.8. The first kappa shape index (κ1) is 22.0. The molecule has 0 radical (unpaired) electrons. The van der Waals surface area contributed by atoms with Crippen molar-refractivity contribution in [2.24, 2.45) is 0 Å². The van der Waals surface area contributed by atoms with Gasteiger partial charge >= 0.3 is 0 Å². The summed E-state index contributed by atoms with van der Waals surface area (Å²) in [6.45, 7) is 6.77. The van der Waals surface area contributed by atoms with Crippen molar-refractivity contribution in [2.75, 3.05) is 39.3 Å². The fourth-order valence-electron chi connectivity index (χ4n) is 4.46. The molecule has 6 nitrogen and oxygen atoms in total. The molecular formula is C24H31N3O3S. The third kappa shape index (κ3) is 5.00. The molecule has 0 spiro atoms. The van der Waals surface area contributed by atoms with Crippen LogP contribution in [0.3, 0.4) is 0 Å². The maximum Gasteiger partial charge on any atom is 0.255 e. The minimum absolute atomic E-state index is 0.143. The highest BCUT2D eigenvalue weighted by molar-refractivity contribution is 7.89. The number of rotatable bonds is 5. The van der Waals surface area contributed by atoms with Gasteiger partial charge in [-0.25, -0.2) is 8.42 Å². The van der Waals surface area contributed by atoms with E-state index in [4.69, 9.17) is 0 Å². The van der Waals surface area contributed by atoms with E-state index in [0.717, 1.165) is 38.9 Å². The number of carbonyl (C=O) groups is 1. The van der Waals surface area contributed by atoms with Gasteiger partial charge in [-0.3, -0.25) is 9.69 Å². The van der Waals surface area contributed by atoms with E-state index >= 15 is 0 Å². The summed E-state index contributed by atoms with van der Waals surface area (Å²) in [5, 5.41) is 0. The van der Waals surface area contributed by atoms with Gasteiger partial charge in [0.25, 0.3) is 5.91 Å². The third-order valence-electron chi connectivity index (χ3n) is 6.20. The predicted octanol–water partition coefficient (Wildman–Crippen LogP) is 3.13. The second kappa shape index (κ2) is 9.51. The molecular weight excluding hydrogens is 410 g/mol. The van der Waals surface area contributed by atoms with Gasteiger partial charge < -0.3 is 4.90 Å². The lowest BCUT2D eigenvalue weighted by atomic mass is 10.1. The quantitative estimate of drug-likeness (QED) is 0.715. The van der Waals surface area contributed by atoms with Crippen molar-refractivity contribution in [2.45, 2.75) is 37.6 Å². The molecule has 2 fully saturated rings. The van der Waals surface area contributed by atoms with Crippen LogP contribution >= 0.6 is 0 Å². The van der Waals surface area contributed by atoms with Gasteiger partial charge in [0.05, 0.1) is 10.5 Å². The second-order valence-corrected chi connectivity index (χ2v) is 10.4. The van der Waals surface area contributed by atoms with Crippen LogP contribution in [0.2, 0.25) is 0 Å². The molecule has 0 atom stereocenters. The van der Waals surface area contributed by atoms with Gasteiger partial charge in [0.15, 0.2) is 0 Å². The SMILES string of the molecule is Cc1cccc(CN2CCN(C(=O)c3ccccc3S(=O)(=O)N3CCCCC3)CC2)c1. The lowest BCUT2D eigenvalue weighted by Gasteiger charge is -2.35. The summed E-state index contributed by atoms with van der Waals surface area (Å²) >= 11 is 0. The van der Waals surface area contributed by atoms with Crippen LogP contribution in [0.15, 0.2) is 53.4 Å². The topological polar surface area (TPSA) is 60.9 Å². The Kier molecular flexibility index (Phi) is 6.74. The van der Waals surface area contributed by atoms with Crippen molar-refractivity contribution in [3.05, 3.63) is 65.2 Å². The zero-order valence-electron chi connectivity index (χ0n) is 18.2. The van der Waals surface area contributed by atoms with E-state index in [0.29, 0.717) is 31.7 Å². The van der Waals surface area contributed by atoms with E-state index < -0.39 is 10.0 Å². The largest absolute Gasteiger partial charge is 0.336 e. The fourth-order valence-corrected chi connectivity index (χ4v) is 6.16. The Morgan fingerprint density at radius 3 is 2.29 bits per heavy atom. The van der Waals surface area contributed by atoms with Crippen molar-refractivity contribution in [3.63, 3.8) is 0 Å². The first-order chi connectivity index (χ1) is 14.9. The molecule has 1 amide bonds. The van der Waals surface area contributed by atoms with Crippen LogP contribution in [0.25, 0.3) is 0 Å². The average molecular weight is 442 g/mol. The molecule has 0 saturated carbocycles. The Balaban J connectivity index is 1.45. The summed E-state index contributed by atoms with van der Waals surface area (Å²) in [6.07, 6.45) is 2.80. The smallest absolute Gasteiger partial charge is 0.255 e. The zero-order valence-corrected chi connectivity index (χ0v) is 19.0. The highest BCUT2D eigenvalue weighted by Crippen LogP contribution is 2.25. The molecule has 0 bridgehead atoms. The number of piperazine rings is 1. The molecule has 2 aliphatic rings. The Labute approximate surface area is 185 Å². The van der Waals surface area contributed by atoms with Crippen LogP contribution in [0.4, 0.5) is 0 Å². The van der Waals surface area contributed by atoms with Gasteiger partial charge in [-0.15, -0.1) is 0 Å². The number of nitrogens with zero attached hydrogens (tertiary/aromatic N) is 3. The molecule has 2 aromatic carbocycles. The molecule has 7 heteroatoms. The standard InChI is InChI=1S/C24H31N3O3S/c1-20-8-7-9-21(18-20)19-25-14-16-26(17-15-25)24(28)22-10-3-4-11-23(22)31(29,30)27-12-5-2-6-13-27/h3-4,7-11,18H,2,5-6,12-17,19H2,1H3. The van der Waals surface area contributed by atoms with E-state index in [-0.39, 0.29) is 10.8 Å². The number of hydrogen-bond donors (Lipinski definition) is 0. The molecule has 2 saturated heterocycles. The van der Waals surface area contributed by atoms with E-state index in [2.05, 4.69) is 36.1 Å². The summed E-state index contributed by atoms with van der Waals surface area (Å²) in [5.41, 5.74) is 2.82. The third-order valence-corrected chi connectivity index (χ3v) is 8.16. The number of hydrogen-bond acceptors (Lipinski definition) is 4. The monoisotopic (exact) mass is 441 g/mol. The number of benzene rings is 2. The molecule has 0 unspecified atom stereocenters. The van der Waals surface area contributed by atoms with Gasteiger partial charge in [0.2, 0.25) is 10.0 Å². The summed E-state index contributed by atoms with van der Waals surface area (Å²) in [4.78, 5) is 17.6. The maximum atomic E-state index is 13.3. The van der Waals surface area contributed by atoms with E-state index in [1.807, 2.05) is 0 Å². The lowest BCUT2D eigenvalue weighted by molar-refractivity contribution is 0.0624. The Bertz CT molecular complexity index is 1020. The van der Waals surface area contributed by atoms with Crippen LogP contribution in [0.1, 0.15) is 40.7 Å². The highest BCUT2D eigenvalue weighted by atomic mass is 32.2. The van der Waals surface area contributed by atoms with Crippen molar-refractivity contribution in [1.29, 1.82) is 0 Å². The Morgan fingerprint density at radius 2 is 1.58 bits per heavy atom. The minimum atomic E-state index is -3.66. The summed E-state index contributed by atoms with van der Waals surface area (Å²) in [6, 6.07) is 15.2. The number of aryl methyl sites for hydroxylation is 1. The van der Waals surface area contributed by atoms with Crippen LogP contribution in [0, 0.1) is 6.92 Å². The lowest BCUT2D eigenvalue weighted by Crippen LogP contribution is -2.48. The van der Waals surface area contributed by atoms with Gasteiger partial charge in [0, 0.05) is 45.8 Å². The van der Waals surface area contributed by atoms with Crippen molar-refractivity contribution in [3.8, 4) is 0 Å². The van der Waals surface area contributed by atoms with Crippen LogP contribution in [-0.2, 0) is 16.6 Å². The Hall–Kier alpha value is -2.22. The van der Waals surface area contributed by atoms with Crippen molar-refractivity contribution >= 4 is 15.9 Å². The zero-order chi connectivity index (χ0) is 21.8. The van der Waals surface area contributed by atoms with Gasteiger partial charge in [-0.1, -0.05) is 48.4 Å². The van der Waals surface area contributed by atoms with Crippen molar-refractivity contribution < 1.29 is 13.2 Å². The summed E-state index contributed by atoms with van der Waals surface area (Å²) in [7, 11) is -3.66. The van der Waals surface area contributed by atoms with E-state index in [1.165, 1.54) is 15.4 Å². The van der Waals surface area contributed by atoms with Gasteiger partial charge in [0.1, 0.15) is 0 Å². The van der Waals surface area contributed by atoms with E-state index in [1.54, 1.807) is 29.2 Å². The maximum absolute atomic E-state index is 13.3. The van der Waals surface area contributed by atoms with Crippen LogP contribution in [0.5, 0.6) is 0 Å². The fraction of sp³-hybridized carbons (Fsp3) is 0.458. The second-order valence-electron chi connectivity index (χ2n) is 8.52. The molecule has 4 rings (SSSR count). The first-order valence-corrected chi connectivity index (χ1v) is 12.6. The number of carbonyl (C=O) groups excluding carboxylic acids is 1. The van der Waals surface area contributed by atoms with Crippen molar-refractivity contribution in [1.82, 2.24) is 14.1 Å². The summed E-state index contributed by atoms with van der Waals surface area (Å²) < 4.78 is 28.0. The molecule has 2 aromatic rings. The number of sulfonamides is 1. The van der Waals surface area contributed by atoms with Gasteiger partial charge in [-0.2, -0.15) is 4.31 Å². The molecule has 0 N–H and O–H groups in total. The molecule has 2 aliphatic heterocycles. The molecule has 2 heterocycles. The number of amides is 1. The van der Waals surface area contributed by atoms with Gasteiger partial charge in [-0.05, 0) is 37.5 Å². The molecule has 31 heavy (non-hydrogen) atoms.